The van der Waals surface area contributed by atoms with Crippen molar-refractivity contribution in [2.45, 2.75) is 24.6 Å². The number of nitrogens with zero attached hydrogens (tertiary/aromatic N) is 1. The van der Waals surface area contributed by atoms with Crippen LogP contribution in [0, 0.1) is 5.82 Å². The van der Waals surface area contributed by atoms with Crippen molar-refractivity contribution in [1.82, 2.24) is 15.6 Å². The van der Waals surface area contributed by atoms with Gasteiger partial charge in [-0.05, 0) is 60.0 Å². The van der Waals surface area contributed by atoms with Crippen LogP contribution in [0.4, 0.5) is 17.6 Å². The quantitative estimate of drug-likeness (QED) is 0.374. The smallest absolute Gasteiger partial charge is 0.433 e. The molecule has 0 spiro atoms. The Hall–Kier alpha value is -3.17. The molecule has 2 N–H and O–H groups in total. The molecule has 0 saturated carbocycles. The van der Waals surface area contributed by atoms with Gasteiger partial charge in [0.2, 0.25) is 5.91 Å². The molecule has 5 nitrogen and oxygen atoms in total. The van der Waals surface area contributed by atoms with Gasteiger partial charge >= 0.3 is 6.18 Å². The molecule has 35 heavy (non-hydrogen) atoms. The van der Waals surface area contributed by atoms with Gasteiger partial charge in [-0.2, -0.15) is 13.2 Å². The number of ether oxygens (including phenoxy) is 1. The fourth-order valence-corrected chi connectivity index (χ4v) is 3.86. The molecule has 1 heterocycles. The summed E-state index contributed by atoms with van der Waals surface area (Å²) in [6.45, 7) is 0.312. The van der Waals surface area contributed by atoms with Crippen molar-refractivity contribution in [1.29, 1.82) is 0 Å². The van der Waals surface area contributed by atoms with E-state index >= 15 is 0 Å². The third kappa shape index (κ3) is 6.70. The first-order chi connectivity index (χ1) is 16.6. The molecule has 186 valence electrons. The molecular weight excluding hydrogens is 486 g/mol. The summed E-state index contributed by atoms with van der Waals surface area (Å²) >= 11 is 5.95. The summed E-state index contributed by atoms with van der Waals surface area (Å²) in [6.07, 6.45) is -3.02. The minimum Gasteiger partial charge on any atom is -0.494 e. The van der Waals surface area contributed by atoms with Crippen LogP contribution in [0.3, 0.4) is 0 Å². The zero-order valence-corrected chi connectivity index (χ0v) is 19.8. The standard InChI is InChI=1S/C25H24ClF4N3O2/c1-31-24(34)23(15-3-7-18(26)8-4-15)32-12-11-19(16-5-9-20(27)21(13-16)35-2)17-6-10-22(33-14-17)25(28,29)30/h3-10,13-14,19,23,32H,11-12H2,1-2H3,(H,31,34)/t19-,23+/m0/s1. The lowest BCUT2D eigenvalue weighted by Gasteiger charge is -2.22. The average Bonchev–Trinajstić information content (AvgIpc) is 2.84. The molecule has 0 unspecified atom stereocenters. The zero-order valence-electron chi connectivity index (χ0n) is 19.0. The number of aromatic nitrogens is 1. The molecule has 1 aromatic heterocycles. The van der Waals surface area contributed by atoms with Crippen molar-refractivity contribution >= 4 is 17.5 Å². The summed E-state index contributed by atoms with van der Waals surface area (Å²) in [4.78, 5) is 16.1. The summed E-state index contributed by atoms with van der Waals surface area (Å²) in [7, 11) is 2.85. The summed E-state index contributed by atoms with van der Waals surface area (Å²) in [5.41, 5.74) is 0.841. The van der Waals surface area contributed by atoms with E-state index in [1.165, 1.54) is 38.6 Å². The molecule has 0 bridgehead atoms. The number of alkyl halides is 3. The second kappa shape index (κ2) is 11.5. The van der Waals surface area contributed by atoms with Crippen LogP contribution in [0.25, 0.3) is 0 Å². The third-order valence-corrected chi connectivity index (χ3v) is 5.80. The Labute approximate surface area is 205 Å². The van der Waals surface area contributed by atoms with Gasteiger partial charge in [-0.1, -0.05) is 35.9 Å². The number of likely N-dealkylation sites (N-methyl/N-ethyl adjacent to an activating group) is 1. The van der Waals surface area contributed by atoms with Crippen LogP contribution in [0.1, 0.15) is 40.8 Å². The van der Waals surface area contributed by atoms with E-state index in [2.05, 4.69) is 15.6 Å². The lowest BCUT2D eigenvalue weighted by molar-refractivity contribution is -0.141. The molecule has 2 aromatic carbocycles. The normalized spacial score (nSPS) is 13.2. The Balaban J connectivity index is 1.87. The molecule has 0 saturated heterocycles. The molecule has 0 radical (unpaired) electrons. The predicted molar refractivity (Wildman–Crippen MR) is 125 cm³/mol. The number of benzene rings is 2. The summed E-state index contributed by atoms with van der Waals surface area (Å²) in [5, 5.41) is 6.34. The summed E-state index contributed by atoms with van der Waals surface area (Å²) in [5.74, 6) is -1.24. The van der Waals surface area contributed by atoms with Gasteiger partial charge in [0.1, 0.15) is 11.7 Å². The highest BCUT2D eigenvalue weighted by Crippen LogP contribution is 2.33. The fraction of sp³-hybridized carbons (Fsp3) is 0.280. The van der Waals surface area contributed by atoms with Crippen LogP contribution in [0.5, 0.6) is 5.75 Å². The first kappa shape index (κ1) is 26.4. The fourth-order valence-electron chi connectivity index (χ4n) is 3.73. The van der Waals surface area contributed by atoms with E-state index in [9.17, 15) is 22.4 Å². The van der Waals surface area contributed by atoms with Crippen LogP contribution in [0.2, 0.25) is 5.02 Å². The number of halogens is 5. The Morgan fingerprint density at radius 3 is 2.29 bits per heavy atom. The van der Waals surface area contributed by atoms with E-state index in [0.717, 1.165) is 6.07 Å². The Kier molecular flexibility index (Phi) is 8.69. The highest BCUT2D eigenvalue weighted by atomic mass is 35.5. The number of nitrogens with one attached hydrogen (secondary N) is 2. The molecular formula is C25H24ClF4N3O2. The van der Waals surface area contributed by atoms with Crippen molar-refractivity contribution in [3.05, 3.63) is 94.0 Å². The van der Waals surface area contributed by atoms with Gasteiger partial charge < -0.3 is 15.4 Å². The molecule has 0 fully saturated rings. The predicted octanol–water partition coefficient (Wildman–Crippen LogP) is 5.50. The highest BCUT2D eigenvalue weighted by molar-refractivity contribution is 6.30. The molecule has 3 aromatic rings. The number of methoxy groups -OCH3 is 1. The summed E-state index contributed by atoms with van der Waals surface area (Å²) in [6, 6.07) is 12.7. The van der Waals surface area contributed by atoms with Crippen LogP contribution in [-0.2, 0) is 11.0 Å². The summed E-state index contributed by atoms with van der Waals surface area (Å²) < 4.78 is 58.1. The molecule has 10 heteroatoms. The number of hydrogen-bond donors (Lipinski definition) is 2. The maximum atomic E-state index is 14.0. The lowest BCUT2D eigenvalue weighted by Crippen LogP contribution is -2.36. The molecule has 0 aliphatic heterocycles. The maximum Gasteiger partial charge on any atom is 0.433 e. The maximum absolute atomic E-state index is 14.0. The number of rotatable bonds is 9. The van der Waals surface area contributed by atoms with E-state index in [1.54, 1.807) is 30.3 Å². The average molecular weight is 510 g/mol. The van der Waals surface area contributed by atoms with Crippen LogP contribution >= 0.6 is 11.6 Å². The molecule has 2 atom stereocenters. The lowest BCUT2D eigenvalue weighted by atomic mass is 9.89. The van der Waals surface area contributed by atoms with Crippen molar-refractivity contribution in [2.24, 2.45) is 0 Å². The van der Waals surface area contributed by atoms with Crippen LogP contribution in [0.15, 0.2) is 60.8 Å². The van der Waals surface area contributed by atoms with Crippen molar-refractivity contribution in [3.63, 3.8) is 0 Å². The first-order valence-corrected chi connectivity index (χ1v) is 11.1. The first-order valence-electron chi connectivity index (χ1n) is 10.7. The van der Waals surface area contributed by atoms with Gasteiger partial charge in [-0.3, -0.25) is 9.78 Å². The molecule has 1 amide bonds. The third-order valence-electron chi connectivity index (χ3n) is 5.55. The van der Waals surface area contributed by atoms with Crippen molar-refractivity contribution in [3.8, 4) is 5.75 Å². The van der Waals surface area contributed by atoms with E-state index in [-0.39, 0.29) is 11.7 Å². The molecule has 0 aliphatic carbocycles. The zero-order chi connectivity index (χ0) is 25.6. The van der Waals surface area contributed by atoms with Gasteiger partial charge in [0.15, 0.2) is 11.6 Å². The monoisotopic (exact) mass is 509 g/mol. The van der Waals surface area contributed by atoms with E-state index in [0.29, 0.717) is 34.7 Å². The second-order valence-electron chi connectivity index (χ2n) is 7.76. The van der Waals surface area contributed by atoms with Gasteiger partial charge in [-0.25, -0.2) is 4.39 Å². The Bertz CT molecular complexity index is 1140. The van der Waals surface area contributed by atoms with E-state index in [1.807, 2.05) is 0 Å². The minimum atomic E-state index is -4.56. The molecule has 0 aliphatic rings. The Morgan fingerprint density at radius 2 is 1.71 bits per heavy atom. The number of amides is 1. The number of carbonyl (C=O) groups is 1. The van der Waals surface area contributed by atoms with Crippen LogP contribution in [-0.4, -0.2) is 31.6 Å². The van der Waals surface area contributed by atoms with E-state index < -0.39 is 29.6 Å². The highest BCUT2D eigenvalue weighted by Gasteiger charge is 2.32. The largest absolute Gasteiger partial charge is 0.494 e. The Morgan fingerprint density at radius 1 is 1.06 bits per heavy atom. The SMILES string of the molecule is CNC(=O)[C@H](NCC[C@H](c1ccc(C(F)(F)F)nc1)c1ccc(F)c(OC)c1)c1ccc(Cl)cc1. The second-order valence-corrected chi connectivity index (χ2v) is 8.20. The molecule has 3 rings (SSSR count). The van der Waals surface area contributed by atoms with Gasteiger partial charge in [0, 0.05) is 24.2 Å². The topological polar surface area (TPSA) is 63.2 Å². The van der Waals surface area contributed by atoms with E-state index in [4.69, 9.17) is 16.3 Å². The van der Waals surface area contributed by atoms with Gasteiger partial charge in [-0.15, -0.1) is 0 Å². The van der Waals surface area contributed by atoms with Crippen molar-refractivity contribution < 1.29 is 27.1 Å². The minimum absolute atomic E-state index is 0.0183. The van der Waals surface area contributed by atoms with Gasteiger partial charge in [0.25, 0.3) is 0 Å². The number of pyridine rings is 1. The van der Waals surface area contributed by atoms with Crippen LogP contribution < -0.4 is 15.4 Å². The van der Waals surface area contributed by atoms with Gasteiger partial charge in [0.05, 0.1) is 7.11 Å². The number of carbonyl (C=O) groups excluding carboxylic acids is 1. The van der Waals surface area contributed by atoms with Crippen molar-refractivity contribution in [2.75, 3.05) is 20.7 Å². The number of hydrogen-bond acceptors (Lipinski definition) is 4.